The van der Waals surface area contributed by atoms with Crippen LogP contribution < -0.4 is 16.4 Å². The summed E-state index contributed by atoms with van der Waals surface area (Å²) in [4.78, 5) is 0. The van der Waals surface area contributed by atoms with Crippen molar-refractivity contribution in [1.82, 2.24) is 30.0 Å². The third-order valence-electron chi connectivity index (χ3n) is 8.56. The molecular weight excluding hydrogens is 479 g/mol. The third-order valence-corrected chi connectivity index (χ3v) is 8.56. The van der Waals surface area contributed by atoms with Gasteiger partial charge in [0.25, 0.3) is 6.71 Å². The van der Waals surface area contributed by atoms with Crippen molar-refractivity contribution in [1.29, 1.82) is 0 Å². The second-order valence-corrected chi connectivity index (χ2v) is 10.5. The number of hydrogen-bond donors (Lipinski definition) is 0. The molecule has 0 saturated heterocycles. The van der Waals surface area contributed by atoms with Gasteiger partial charge in [-0.25, -0.2) is 9.36 Å². The normalized spacial score (nSPS) is 13.1. The number of benzene rings is 6. The summed E-state index contributed by atoms with van der Waals surface area (Å²) in [7, 11) is 0. The molecule has 0 spiro atoms. The van der Waals surface area contributed by atoms with Crippen molar-refractivity contribution in [3.63, 3.8) is 0 Å². The number of rotatable bonds is 1. The van der Waals surface area contributed by atoms with Gasteiger partial charge in [0.15, 0.2) is 0 Å². The van der Waals surface area contributed by atoms with Gasteiger partial charge in [-0.15, -0.1) is 10.2 Å². The van der Waals surface area contributed by atoms with Crippen LogP contribution in [0.2, 0.25) is 0 Å². The SMILES string of the molecule is c1ccc(-c2cc3c4c(c2)-n2nnc5cc6ccccc6c(c52)B4c2c4ccccc4cc4nnn-3c24)cc1. The van der Waals surface area contributed by atoms with Gasteiger partial charge in [-0.05, 0) is 73.3 Å². The van der Waals surface area contributed by atoms with Gasteiger partial charge in [0.1, 0.15) is 11.0 Å². The Balaban J connectivity index is 1.48. The zero-order valence-corrected chi connectivity index (χ0v) is 20.6. The largest absolute Gasteiger partial charge is 0.254 e. The molecule has 0 amide bonds. The first kappa shape index (κ1) is 19.8. The molecule has 0 radical (unpaired) electrons. The molecule has 6 nitrogen and oxygen atoms in total. The van der Waals surface area contributed by atoms with E-state index >= 15 is 0 Å². The fourth-order valence-corrected chi connectivity index (χ4v) is 6.99. The monoisotopic (exact) mass is 496 g/mol. The van der Waals surface area contributed by atoms with E-state index in [1.54, 1.807) is 0 Å². The molecule has 4 heterocycles. The summed E-state index contributed by atoms with van der Waals surface area (Å²) >= 11 is 0. The quantitative estimate of drug-likeness (QED) is 0.319. The second-order valence-electron chi connectivity index (χ2n) is 10.5. The Morgan fingerprint density at radius 3 is 1.56 bits per heavy atom. The van der Waals surface area contributed by atoms with E-state index in [9.17, 15) is 0 Å². The molecule has 0 saturated carbocycles. The van der Waals surface area contributed by atoms with Crippen molar-refractivity contribution < 1.29 is 0 Å². The van der Waals surface area contributed by atoms with E-state index in [-0.39, 0.29) is 6.71 Å². The van der Waals surface area contributed by atoms with Crippen LogP contribution in [0.1, 0.15) is 0 Å². The number of nitrogens with zero attached hydrogens (tertiary/aromatic N) is 6. The summed E-state index contributed by atoms with van der Waals surface area (Å²) < 4.78 is 4.09. The molecule has 0 N–H and O–H groups in total. The Bertz CT molecular complexity index is 2210. The van der Waals surface area contributed by atoms with E-state index in [4.69, 9.17) is 10.4 Å². The van der Waals surface area contributed by atoms with Gasteiger partial charge in [0.05, 0.1) is 22.4 Å². The molecule has 39 heavy (non-hydrogen) atoms. The van der Waals surface area contributed by atoms with Crippen molar-refractivity contribution in [3.05, 3.63) is 103 Å². The molecule has 178 valence electrons. The molecule has 8 aromatic rings. The lowest BCUT2D eigenvalue weighted by Crippen LogP contribution is -2.60. The van der Waals surface area contributed by atoms with Crippen molar-refractivity contribution in [2.24, 2.45) is 0 Å². The smallest absolute Gasteiger partial charge is 0.214 e. The van der Waals surface area contributed by atoms with Crippen LogP contribution >= 0.6 is 0 Å². The van der Waals surface area contributed by atoms with Gasteiger partial charge >= 0.3 is 0 Å². The van der Waals surface area contributed by atoms with Gasteiger partial charge in [0.2, 0.25) is 0 Å². The summed E-state index contributed by atoms with van der Waals surface area (Å²) in [6.07, 6.45) is 0. The molecule has 0 fully saturated rings. The van der Waals surface area contributed by atoms with E-state index in [2.05, 4.69) is 107 Å². The Kier molecular flexibility index (Phi) is 3.43. The minimum Gasteiger partial charge on any atom is -0.214 e. The molecule has 0 aliphatic carbocycles. The average molecular weight is 496 g/mol. The molecule has 10 rings (SSSR count). The minimum absolute atomic E-state index is 0.0148. The predicted molar refractivity (Wildman–Crippen MR) is 156 cm³/mol. The van der Waals surface area contributed by atoms with Gasteiger partial charge in [-0.2, -0.15) is 0 Å². The molecule has 2 aliphatic heterocycles. The fourth-order valence-electron chi connectivity index (χ4n) is 6.99. The van der Waals surface area contributed by atoms with Crippen molar-refractivity contribution >= 4 is 66.7 Å². The first-order valence-corrected chi connectivity index (χ1v) is 13.1. The molecule has 2 aliphatic rings. The average Bonchev–Trinajstić information content (AvgIpc) is 3.61. The zero-order valence-electron chi connectivity index (χ0n) is 20.6. The van der Waals surface area contributed by atoms with Crippen LogP contribution in [0.25, 0.3) is 66.1 Å². The maximum atomic E-state index is 4.74. The van der Waals surface area contributed by atoms with Crippen molar-refractivity contribution in [3.8, 4) is 22.5 Å². The third kappa shape index (κ3) is 2.34. The highest BCUT2D eigenvalue weighted by atomic mass is 15.4. The minimum atomic E-state index is -0.0148. The van der Waals surface area contributed by atoms with Gasteiger partial charge in [0, 0.05) is 0 Å². The van der Waals surface area contributed by atoms with Gasteiger partial charge in [-0.3, -0.25) is 0 Å². The Morgan fingerprint density at radius 1 is 0.487 bits per heavy atom. The van der Waals surface area contributed by atoms with Crippen LogP contribution in [0.4, 0.5) is 0 Å². The fraction of sp³-hybridized carbons (Fsp3) is 0. The summed E-state index contributed by atoms with van der Waals surface area (Å²) in [5.74, 6) is 0. The lowest BCUT2D eigenvalue weighted by atomic mass is 9.33. The highest BCUT2D eigenvalue weighted by Gasteiger charge is 2.43. The van der Waals surface area contributed by atoms with Crippen molar-refractivity contribution in [2.75, 3.05) is 0 Å². The van der Waals surface area contributed by atoms with Crippen LogP contribution in [0.15, 0.2) is 103 Å². The van der Waals surface area contributed by atoms with Gasteiger partial charge in [-0.1, -0.05) is 89.3 Å². The van der Waals surface area contributed by atoms with E-state index in [0.717, 1.165) is 44.6 Å². The topological polar surface area (TPSA) is 61.4 Å². The molecule has 0 atom stereocenters. The molecular formula is C32H17BN6. The van der Waals surface area contributed by atoms with E-state index < -0.39 is 0 Å². The highest BCUT2D eigenvalue weighted by Crippen LogP contribution is 2.35. The van der Waals surface area contributed by atoms with E-state index in [0.29, 0.717) is 0 Å². The highest BCUT2D eigenvalue weighted by molar-refractivity contribution is 7.02. The van der Waals surface area contributed by atoms with Crippen LogP contribution in [-0.4, -0.2) is 36.7 Å². The summed E-state index contributed by atoms with van der Waals surface area (Å²) in [5, 5.41) is 23.6. The summed E-state index contributed by atoms with van der Waals surface area (Å²) in [6.45, 7) is -0.0148. The first-order valence-electron chi connectivity index (χ1n) is 13.1. The van der Waals surface area contributed by atoms with Crippen LogP contribution in [0, 0.1) is 0 Å². The summed E-state index contributed by atoms with van der Waals surface area (Å²) in [6, 6.07) is 36.6. The molecule has 6 aromatic carbocycles. The predicted octanol–water partition coefficient (Wildman–Crippen LogP) is 4.27. The first-order chi connectivity index (χ1) is 19.3. The van der Waals surface area contributed by atoms with Crippen LogP contribution in [0.5, 0.6) is 0 Å². The maximum absolute atomic E-state index is 4.74. The lowest BCUT2D eigenvalue weighted by Gasteiger charge is -2.32. The van der Waals surface area contributed by atoms with E-state index in [1.165, 1.54) is 37.9 Å². The standard InChI is InChI=1S/C32H17BN6/c1-2-8-18(9-3-1)21-16-26-30-27(17-21)39-32-25(35-37-39)15-20-11-5-7-13-23(20)29(32)33(30)28-22-12-6-4-10-19(22)14-24-31(28)38(26)36-34-24/h1-17H. The number of fused-ring (bicyclic) bond motifs is 8. The molecule has 0 unspecified atom stereocenters. The molecule has 7 heteroatoms. The van der Waals surface area contributed by atoms with Gasteiger partial charge < -0.3 is 0 Å². The molecule has 2 aromatic heterocycles. The Labute approximate surface area is 222 Å². The van der Waals surface area contributed by atoms with E-state index in [1.807, 2.05) is 15.4 Å². The zero-order chi connectivity index (χ0) is 25.2. The molecule has 0 bridgehead atoms. The van der Waals surface area contributed by atoms with Crippen molar-refractivity contribution in [2.45, 2.75) is 0 Å². The van der Waals surface area contributed by atoms with Crippen LogP contribution in [-0.2, 0) is 0 Å². The maximum Gasteiger partial charge on any atom is 0.254 e. The number of aromatic nitrogens is 6. The Hall–Kier alpha value is -5.30. The second kappa shape index (κ2) is 6.77. The van der Waals surface area contributed by atoms with Crippen LogP contribution in [0.3, 0.4) is 0 Å². The number of hydrogen-bond acceptors (Lipinski definition) is 4. The Morgan fingerprint density at radius 2 is 1.00 bits per heavy atom. The summed E-state index contributed by atoms with van der Waals surface area (Å²) in [5.41, 5.74) is 12.0. The lowest BCUT2D eigenvalue weighted by molar-refractivity contribution is 0.811.